The van der Waals surface area contributed by atoms with Crippen molar-refractivity contribution in [2.75, 3.05) is 7.11 Å². The molecule has 3 aromatic rings. The van der Waals surface area contributed by atoms with E-state index in [1.165, 1.54) is 30.1 Å². The van der Waals surface area contributed by atoms with Gasteiger partial charge in [0.1, 0.15) is 5.82 Å². The summed E-state index contributed by atoms with van der Waals surface area (Å²) in [5.41, 5.74) is 0.873. The number of benzene rings is 2. The Labute approximate surface area is 131 Å². The van der Waals surface area contributed by atoms with Crippen LogP contribution in [0.2, 0.25) is 0 Å². The number of methoxy groups -OCH3 is 1. The van der Waals surface area contributed by atoms with E-state index in [4.69, 9.17) is 4.74 Å². The van der Waals surface area contributed by atoms with Crippen molar-refractivity contribution < 1.29 is 9.13 Å². The van der Waals surface area contributed by atoms with Crippen LogP contribution in [-0.2, 0) is 0 Å². The molecule has 23 heavy (non-hydrogen) atoms. The molecule has 2 aromatic carbocycles. The van der Waals surface area contributed by atoms with E-state index in [9.17, 15) is 9.18 Å². The van der Waals surface area contributed by atoms with Crippen LogP contribution in [0.15, 0.2) is 52.4 Å². The number of hydrogen-bond acceptors (Lipinski definition) is 4. The monoisotopic (exact) mass is 311 g/mol. The number of hydrogen-bond donors (Lipinski definition) is 0. The average molecular weight is 311 g/mol. The molecular formula is C17H14FN3O2. The van der Waals surface area contributed by atoms with Crippen molar-refractivity contribution in [3.05, 3.63) is 70.0 Å². The summed E-state index contributed by atoms with van der Waals surface area (Å²) in [6, 6.07) is 11.5. The van der Waals surface area contributed by atoms with Gasteiger partial charge in [-0.2, -0.15) is 9.78 Å². The van der Waals surface area contributed by atoms with E-state index >= 15 is 0 Å². The first-order chi connectivity index (χ1) is 11.1. The predicted octanol–water partition coefficient (Wildman–Crippen LogP) is 2.73. The summed E-state index contributed by atoms with van der Waals surface area (Å²) in [6.07, 6.45) is 1.41. The predicted molar refractivity (Wildman–Crippen MR) is 86.7 cm³/mol. The molecule has 0 N–H and O–H groups in total. The van der Waals surface area contributed by atoms with Crippen molar-refractivity contribution in [1.82, 2.24) is 9.66 Å². The standard InChI is InChI=1S/C17H14FN3O2/c1-11-20-15-6-4-3-5-13(15)17(22)21(11)19-10-12-7-8-16(23-2)14(18)9-12/h3-10H,1-2H3/b19-10-. The molecule has 1 heterocycles. The molecule has 0 fully saturated rings. The summed E-state index contributed by atoms with van der Waals surface area (Å²) < 4.78 is 19.7. The summed E-state index contributed by atoms with van der Waals surface area (Å²) in [7, 11) is 1.40. The fourth-order valence-corrected chi connectivity index (χ4v) is 2.26. The molecule has 3 rings (SSSR count). The summed E-state index contributed by atoms with van der Waals surface area (Å²) in [5.74, 6) is 0.124. The quantitative estimate of drug-likeness (QED) is 0.699. The van der Waals surface area contributed by atoms with Gasteiger partial charge in [-0.3, -0.25) is 4.79 Å². The minimum Gasteiger partial charge on any atom is -0.494 e. The molecule has 5 nitrogen and oxygen atoms in total. The number of ether oxygens (including phenoxy) is 1. The van der Waals surface area contributed by atoms with Crippen molar-refractivity contribution >= 4 is 17.1 Å². The number of fused-ring (bicyclic) bond motifs is 1. The Hall–Kier alpha value is -3.02. The second-order valence-corrected chi connectivity index (χ2v) is 4.93. The number of rotatable bonds is 3. The maximum atomic E-state index is 13.7. The first-order valence-corrected chi connectivity index (χ1v) is 6.96. The van der Waals surface area contributed by atoms with E-state index in [1.54, 1.807) is 31.2 Å². The van der Waals surface area contributed by atoms with Gasteiger partial charge in [-0.1, -0.05) is 12.1 Å². The van der Waals surface area contributed by atoms with Crippen molar-refractivity contribution in [2.24, 2.45) is 5.10 Å². The lowest BCUT2D eigenvalue weighted by Gasteiger charge is -2.05. The molecule has 0 atom stereocenters. The van der Waals surface area contributed by atoms with Crippen LogP contribution in [0, 0.1) is 12.7 Å². The van der Waals surface area contributed by atoms with Gasteiger partial charge in [0.05, 0.1) is 24.2 Å². The van der Waals surface area contributed by atoms with Gasteiger partial charge < -0.3 is 4.74 Å². The number of aryl methyl sites for hydroxylation is 1. The third-order valence-electron chi connectivity index (χ3n) is 3.41. The lowest BCUT2D eigenvalue weighted by molar-refractivity contribution is 0.386. The summed E-state index contributed by atoms with van der Waals surface area (Å²) in [6.45, 7) is 1.69. The Kier molecular flexibility index (Phi) is 3.89. The topological polar surface area (TPSA) is 56.5 Å². The highest BCUT2D eigenvalue weighted by Crippen LogP contribution is 2.16. The third kappa shape index (κ3) is 2.83. The van der Waals surface area contributed by atoms with Gasteiger partial charge >= 0.3 is 0 Å². The van der Waals surface area contributed by atoms with Crippen LogP contribution in [0.3, 0.4) is 0 Å². The Morgan fingerprint density at radius 3 is 2.78 bits per heavy atom. The Morgan fingerprint density at radius 2 is 2.04 bits per heavy atom. The number of para-hydroxylation sites is 1. The third-order valence-corrected chi connectivity index (χ3v) is 3.41. The van der Waals surface area contributed by atoms with Crippen LogP contribution in [0.4, 0.5) is 4.39 Å². The molecule has 1 aromatic heterocycles. The zero-order chi connectivity index (χ0) is 16.4. The van der Waals surface area contributed by atoms with Crippen molar-refractivity contribution in [1.29, 1.82) is 0 Å². The minimum absolute atomic E-state index is 0.155. The van der Waals surface area contributed by atoms with E-state index in [-0.39, 0.29) is 11.3 Å². The normalized spacial score (nSPS) is 11.3. The fourth-order valence-electron chi connectivity index (χ4n) is 2.26. The molecule has 0 saturated heterocycles. The number of nitrogens with zero attached hydrogens (tertiary/aromatic N) is 3. The van der Waals surface area contributed by atoms with E-state index < -0.39 is 5.82 Å². The first kappa shape index (κ1) is 14.9. The summed E-state index contributed by atoms with van der Waals surface area (Å²) in [5, 5.41) is 4.61. The summed E-state index contributed by atoms with van der Waals surface area (Å²) >= 11 is 0. The van der Waals surface area contributed by atoms with E-state index in [0.29, 0.717) is 22.3 Å². The zero-order valence-electron chi connectivity index (χ0n) is 12.7. The van der Waals surface area contributed by atoms with Gasteiger partial charge in [-0.25, -0.2) is 9.37 Å². The van der Waals surface area contributed by atoms with E-state index in [1.807, 2.05) is 6.07 Å². The Morgan fingerprint density at radius 1 is 1.26 bits per heavy atom. The van der Waals surface area contributed by atoms with Crippen molar-refractivity contribution in [3.63, 3.8) is 0 Å². The molecule has 0 aliphatic heterocycles. The van der Waals surface area contributed by atoms with Gasteiger partial charge in [-0.05, 0) is 42.8 Å². The lowest BCUT2D eigenvalue weighted by Crippen LogP contribution is -2.20. The zero-order valence-corrected chi connectivity index (χ0v) is 12.7. The van der Waals surface area contributed by atoms with Gasteiger partial charge in [-0.15, -0.1) is 0 Å². The molecule has 0 bridgehead atoms. The van der Waals surface area contributed by atoms with Crippen LogP contribution >= 0.6 is 0 Å². The molecule has 0 saturated carbocycles. The molecule has 0 radical (unpaired) electrons. The van der Waals surface area contributed by atoms with Crippen molar-refractivity contribution in [3.8, 4) is 5.75 Å². The van der Waals surface area contributed by atoms with Crippen LogP contribution in [0.25, 0.3) is 10.9 Å². The number of aromatic nitrogens is 2. The lowest BCUT2D eigenvalue weighted by atomic mass is 10.2. The molecule has 0 unspecified atom stereocenters. The maximum absolute atomic E-state index is 13.7. The van der Waals surface area contributed by atoms with Gasteiger partial charge in [0.25, 0.3) is 5.56 Å². The Balaban J connectivity index is 2.04. The van der Waals surface area contributed by atoms with E-state index in [2.05, 4.69) is 10.1 Å². The molecule has 0 aliphatic carbocycles. The summed E-state index contributed by atoms with van der Waals surface area (Å²) in [4.78, 5) is 16.8. The molecule has 0 aliphatic rings. The van der Waals surface area contributed by atoms with Gasteiger partial charge in [0.15, 0.2) is 11.6 Å². The maximum Gasteiger partial charge on any atom is 0.282 e. The van der Waals surface area contributed by atoms with Crippen LogP contribution in [0.1, 0.15) is 11.4 Å². The van der Waals surface area contributed by atoms with Crippen LogP contribution in [0.5, 0.6) is 5.75 Å². The highest BCUT2D eigenvalue weighted by molar-refractivity contribution is 5.80. The van der Waals surface area contributed by atoms with Crippen LogP contribution in [-0.4, -0.2) is 23.0 Å². The second kappa shape index (κ2) is 6.00. The van der Waals surface area contributed by atoms with Gasteiger partial charge in [0.2, 0.25) is 0 Å². The average Bonchev–Trinajstić information content (AvgIpc) is 2.55. The molecule has 0 amide bonds. The minimum atomic E-state index is -0.489. The molecule has 6 heteroatoms. The largest absolute Gasteiger partial charge is 0.494 e. The van der Waals surface area contributed by atoms with Crippen LogP contribution < -0.4 is 10.3 Å². The van der Waals surface area contributed by atoms with Crippen molar-refractivity contribution in [2.45, 2.75) is 6.92 Å². The second-order valence-electron chi connectivity index (χ2n) is 4.93. The van der Waals surface area contributed by atoms with E-state index in [0.717, 1.165) is 0 Å². The Bertz CT molecular complexity index is 964. The number of halogens is 1. The highest BCUT2D eigenvalue weighted by atomic mass is 19.1. The first-order valence-electron chi connectivity index (χ1n) is 6.96. The highest BCUT2D eigenvalue weighted by Gasteiger charge is 2.07. The smallest absolute Gasteiger partial charge is 0.282 e. The SMILES string of the molecule is COc1ccc(/C=N\n2c(C)nc3ccccc3c2=O)cc1F. The molecule has 116 valence electrons. The van der Waals surface area contributed by atoms with Gasteiger partial charge in [0, 0.05) is 0 Å². The fraction of sp³-hybridized carbons (Fsp3) is 0.118. The molecular weight excluding hydrogens is 297 g/mol. The molecule has 0 spiro atoms.